The summed E-state index contributed by atoms with van der Waals surface area (Å²) in [5.74, 6) is -1.61. The summed E-state index contributed by atoms with van der Waals surface area (Å²) in [7, 11) is 0. The smallest absolute Gasteiger partial charge is 0.326 e. The molecule has 11 heteroatoms. The van der Waals surface area contributed by atoms with Gasteiger partial charge in [-0.15, -0.1) is 0 Å². The van der Waals surface area contributed by atoms with Gasteiger partial charge in [0.05, 0.1) is 12.1 Å². The number of fused-ring (bicyclic) bond motifs is 1. The lowest BCUT2D eigenvalue weighted by Gasteiger charge is -2.17. The Bertz CT molecular complexity index is 754. The van der Waals surface area contributed by atoms with Crippen LogP contribution in [0.25, 0.3) is 0 Å². The molecular weight excluding hydrogens is 448 g/mol. The molecule has 0 aromatic heterocycles. The number of Topliss-reactive ketones (excluding diaryl/α,β-unsaturated/α-hetero) is 1. The maximum atomic E-state index is 12.2. The molecule has 186 valence electrons. The van der Waals surface area contributed by atoms with Crippen LogP contribution in [0, 0.1) is 5.41 Å². The average molecular weight is 485 g/mol. The fourth-order valence-corrected chi connectivity index (χ4v) is 5.44. The zero-order chi connectivity index (χ0) is 24.6. The van der Waals surface area contributed by atoms with Crippen LogP contribution < -0.4 is 21.3 Å². The number of rotatable bonds is 13. The van der Waals surface area contributed by atoms with Gasteiger partial charge in [-0.25, -0.2) is 9.59 Å². The predicted octanol–water partition coefficient (Wildman–Crippen LogP) is 1.18. The first-order chi connectivity index (χ1) is 15.5. The maximum Gasteiger partial charge on any atom is 0.326 e. The Morgan fingerprint density at radius 1 is 1.12 bits per heavy atom. The molecule has 0 spiro atoms. The van der Waals surface area contributed by atoms with Crippen LogP contribution in [0.3, 0.4) is 0 Å². The molecule has 2 heterocycles. The number of ketones is 1. The van der Waals surface area contributed by atoms with Crippen LogP contribution in [-0.2, 0) is 19.2 Å². The van der Waals surface area contributed by atoms with Crippen molar-refractivity contribution in [3.63, 3.8) is 0 Å². The summed E-state index contributed by atoms with van der Waals surface area (Å²) in [5.41, 5.74) is -0.745. The van der Waals surface area contributed by atoms with Crippen molar-refractivity contribution in [2.24, 2.45) is 5.41 Å². The molecule has 33 heavy (non-hydrogen) atoms. The number of unbranched alkanes of at least 4 members (excludes halogenated alkanes) is 2. The quantitative estimate of drug-likeness (QED) is 0.149. The largest absolute Gasteiger partial charge is 0.480 e. The van der Waals surface area contributed by atoms with Gasteiger partial charge in [-0.2, -0.15) is 11.8 Å². The molecule has 2 saturated heterocycles. The van der Waals surface area contributed by atoms with Gasteiger partial charge in [-0.1, -0.05) is 27.2 Å². The first-order valence-electron chi connectivity index (χ1n) is 11.5. The van der Waals surface area contributed by atoms with Crippen molar-refractivity contribution in [2.75, 3.05) is 12.3 Å². The third kappa shape index (κ3) is 8.53. The molecule has 0 unspecified atom stereocenters. The van der Waals surface area contributed by atoms with E-state index in [1.807, 2.05) is 11.8 Å². The Balaban J connectivity index is 1.59. The Morgan fingerprint density at radius 2 is 1.85 bits per heavy atom. The lowest BCUT2D eigenvalue weighted by atomic mass is 9.90. The SMILES string of the molecule is CC(C)(C)C(=O)C(=O)NCCCC[C@H](NC(=O)CCCC[C@@H]1SC[C@@H]2NC(=O)N[C@H]21)C(=O)O. The summed E-state index contributed by atoms with van der Waals surface area (Å²) in [6.45, 7) is 5.29. The van der Waals surface area contributed by atoms with Crippen molar-refractivity contribution in [3.8, 4) is 0 Å². The fourth-order valence-electron chi connectivity index (χ4n) is 3.89. The number of hydrogen-bond acceptors (Lipinski definition) is 6. The minimum Gasteiger partial charge on any atom is -0.480 e. The van der Waals surface area contributed by atoms with Gasteiger partial charge in [-0.3, -0.25) is 14.4 Å². The highest BCUT2D eigenvalue weighted by molar-refractivity contribution is 8.00. The molecule has 0 radical (unpaired) electrons. The van der Waals surface area contributed by atoms with E-state index in [2.05, 4.69) is 21.3 Å². The second kappa shape index (κ2) is 12.2. The number of carbonyl (C=O) groups excluding carboxylic acids is 4. The zero-order valence-corrected chi connectivity index (χ0v) is 20.4. The van der Waals surface area contributed by atoms with Crippen LogP contribution in [0.15, 0.2) is 0 Å². The molecule has 0 bridgehead atoms. The molecule has 4 amide bonds. The minimum atomic E-state index is -1.09. The van der Waals surface area contributed by atoms with Gasteiger partial charge in [0.2, 0.25) is 11.7 Å². The summed E-state index contributed by atoms with van der Waals surface area (Å²) in [6, 6.07) is -0.769. The molecule has 2 rings (SSSR count). The molecule has 10 nitrogen and oxygen atoms in total. The van der Waals surface area contributed by atoms with Crippen LogP contribution in [0.5, 0.6) is 0 Å². The van der Waals surface area contributed by atoms with Crippen molar-refractivity contribution in [2.45, 2.75) is 89.1 Å². The highest BCUT2D eigenvalue weighted by Crippen LogP contribution is 2.33. The number of amides is 4. The van der Waals surface area contributed by atoms with Gasteiger partial charge in [0, 0.05) is 29.4 Å². The van der Waals surface area contributed by atoms with E-state index in [4.69, 9.17) is 0 Å². The van der Waals surface area contributed by atoms with E-state index < -0.39 is 29.1 Å². The molecule has 2 fully saturated rings. The number of carboxylic acid groups (broad SMARTS) is 1. The van der Waals surface area contributed by atoms with Crippen molar-refractivity contribution in [3.05, 3.63) is 0 Å². The summed E-state index contributed by atoms with van der Waals surface area (Å²) in [5, 5.41) is 20.7. The predicted molar refractivity (Wildman–Crippen MR) is 125 cm³/mol. The topological polar surface area (TPSA) is 154 Å². The molecule has 0 aliphatic carbocycles. The van der Waals surface area contributed by atoms with Crippen molar-refractivity contribution in [1.82, 2.24) is 21.3 Å². The summed E-state index contributed by atoms with van der Waals surface area (Å²) < 4.78 is 0. The van der Waals surface area contributed by atoms with E-state index in [0.29, 0.717) is 24.5 Å². The van der Waals surface area contributed by atoms with Crippen LogP contribution >= 0.6 is 11.8 Å². The van der Waals surface area contributed by atoms with Crippen LogP contribution in [-0.4, -0.2) is 70.4 Å². The summed E-state index contributed by atoms with van der Waals surface area (Å²) in [4.78, 5) is 58.7. The zero-order valence-electron chi connectivity index (χ0n) is 19.6. The van der Waals surface area contributed by atoms with Gasteiger partial charge in [0.1, 0.15) is 6.04 Å². The third-order valence-electron chi connectivity index (χ3n) is 5.81. The maximum absolute atomic E-state index is 12.2. The molecule has 0 aromatic carbocycles. The van der Waals surface area contributed by atoms with Crippen molar-refractivity contribution >= 4 is 41.4 Å². The number of aliphatic carboxylic acids is 1. The van der Waals surface area contributed by atoms with Crippen molar-refractivity contribution < 1.29 is 29.1 Å². The highest BCUT2D eigenvalue weighted by atomic mass is 32.2. The number of carboxylic acids is 1. The molecule has 0 saturated carbocycles. The average Bonchev–Trinajstić information content (AvgIpc) is 3.27. The second-order valence-electron chi connectivity index (χ2n) is 9.66. The monoisotopic (exact) mass is 484 g/mol. The molecule has 4 atom stereocenters. The van der Waals surface area contributed by atoms with Crippen LogP contribution in [0.1, 0.15) is 65.7 Å². The third-order valence-corrected chi connectivity index (χ3v) is 7.32. The van der Waals surface area contributed by atoms with Gasteiger partial charge in [0.25, 0.3) is 5.91 Å². The minimum absolute atomic E-state index is 0.116. The van der Waals surface area contributed by atoms with Crippen molar-refractivity contribution in [1.29, 1.82) is 0 Å². The fraction of sp³-hybridized carbons (Fsp3) is 0.773. The van der Waals surface area contributed by atoms with Gasteiger partial charge < -0.3 is 26.4 Å². The number of thioether (sulfide) groups is 1. The van der Waals surface area contributed by atoms with E-state index >= 15 is 0 Å². The van der Waals surface area contributed by atoms with E-state index in [1.54, 1.807) is 20.8 Å². The lowest BCUT2D eigenvalue weighted by molar-refractivity contribution is -0.142. The Morgan fingerprint density at radius 3 is 2.52 bits per heavy atom. The normalized spacial score (nSPS) is 22.6. The standard InChI is InChI=1S/C22H36N4O6S/c1-22(2,3)18(28)19(29)23-11-7-6-8-13(20(30)31)24-16(27)10-5-4-9-15-17-14(12-33-15)25-21(32)26-17/h13-15,17H,4-12H2,1-3H3,(H,23,29)(H,24,27)(H,30,31)(H2,25,26,32)/t13-,14-,15-,17+/m0/s1. The first kappa shape index (κ1) is 26.9. The van der Waals surface area contributed by atoms with E-state index in [1.165, 1.54) is 0 Å². The van der Waals surface area contributed by atoms with Crippen LogP contribution in [0.4, 0.5) is 4.79 Å². The van der Waals surface area contributed by atoms with E-state index in [-0.39, 0.29) is 43.4 Å². The van der Waals surface area contributed by atoms with E-state index in [0.717, 1.165) is 18.6 Å². The van der Waals surface area contributed by atoms with Gasteiger partial charge in [0.15, 0.2) is 0 Å². The molecule has 2 aliphatic heterocycles. The number of nitrogens with one attached hydrogen (secondary N) is 4. The number of urea groups is 1. The summed E-state index contributed by atoms with van der Waals surface area (Å²) in [6.07, 6.45) is 3.88. The number of hydrogen-bond donors (Lipinski definition) is 5. The Labute approximate surface area is 198 Å². The molecule has 0 aromatic rings. The highest BCUT2D eigenvalue weighted by Gasteiger charge is 2.42. The van der Waals surface area contributed by atoms with Gasteiger partial charge >= 0.3 is 12.0 Å². The van der Waals surface area contributed by atoms with Crippen LogP contribution in [0.2, 0.25) is 0 Å². The molecular formula is C22H36N4O6S. The Hall–Kier alpha value is -2.30. The first-order valence-corrected chi connectivity index (χ1v) is 12.6. The second-order valence-corrected chi connectivity index (χ2v) is 10.9. The number of carbonyl (C=O) groups is 5. The molecule has 5 N–H and O–H groups in total. The van der Waals surface area contributed by atoms with E-state index in [9.17, 15) is 29.1 Å². The lowest BCUT2D eigenvalue weighted by Crippen LogP contribution is -2.41. The Kier molecular flexibility index (Phi) is 10.00. The van der Waals surface area contributed by atoms with Gasteiger partial charge in [-0.05, 0) is 32.1 Å². The summed E-state index contributed by atoms with van der Waals surface area (Å²) >= 11 is 1.83. The molecule has 2 aliphatic rings.